The van der Waals surface area contributed by atoms with Gasteiger partial charge in [-0.3, -0.25) is 19.9 Å². The van der Waals surface area contributed by atoms with Crippen LogP contribution in [0, 0.1) is 10.1 Å². The van der Waals surface area contributed by atoms with Crippen LogP contribution in [-0.4, -0.2) is 58.9 Å². The van der Waals surface area contributed by atoms with E-state index < -0.39 is 4.92 Å². The van der Waals surface area contributed by atoms with Gasteiger partial charge in [0.25, 0.3) is 11.6 Å². The molecule has 2 aromatic heterocycles. The van der Waals surface area contributed by atoms with Crippen LogP contribution in [0.5, 0.6) is 0 Å². The lowest BCUT2D eigenvalue weighted by Crippen LogP contribution is -2.44. The van der Waals surface area contributed by atoms with Gasteiger partial charge in [-0.15, -0.1) is 11.3 Å². The number of carbonyl (C=O) groups excluding carboxylic acids is 1. The van der Waals surface area contributed by atoms with Gasteiger partial charge in [-0.2, -0.15) is 0 Å². The fraction of sp³-hybridized carbons (Fsp3) is 0.286. The van der Waals surface area contributed by atoms with Gasteiger partial charge in [-0.05, 0) is 31.3 Å². The van der Waals surface area contributed by atoms with Crippen LogP contribution in [-0.2, 0) is 6.54 Å². The molecule has 0 atom stereocenters. The number of carbonyl (C=O) groups is 1. The third kappa shape index (κ3) is 4.86. The Morgan fingerprint density at radius 2 is 2.06 bits per heavy atom. The molecule has 0 spiro atoms. The number of rotatable bonds is 6. The molecule has 1 aliphatic heterocycles. The summed E-state index contributed by atoms with van der Waals surface area (Å²) in [4.78, 5) is 36.6. The second-order valence-corrected chi connectivity index (χ2v) is 8.18. The molecule has 1 aromatic carbocycles. The second-order valence-electron chi connectivity index (χ2n) is 7.32. The molecule has 0 aliphatic carbocycles. The van der Waals surface area contributed by atoms with E-state index in [-0.39, 0.29) is 23.7 Å². The quantitative estimate of drug-likeness (QED) is 0.466. The summed E-state index contributed by atoms with van der Waals surface area (Å²) in [6, 6.07) is 8.43. The van der Waals surface area contributed by atoms with Gasteiger partial charge in [0.15, 0.2) is 0 Å². The first kappa shape index (κ1) is 20.9. The molecule has 1 fully saturated rings. The Bertz CT molecular complexity index is 1080. The minimum atomic E-state index is -0.426. The molecule has 0 radical (unpaired) electrons. The number of nitro benzene ring substituents is 1. The van der Waals surface area contributed by atoms with E-state index in [1.54, 1.807) is 24.5 Å². The van der Waals surface area contributed by atoms with Crippen LogP contribution in [0.25, 0.3) is 10.6 Å². The minimum Gasteiger partial charge on any atom is -0.363 e. The molecule has 0 unspecified atom stereocenters. The number of likely N-dealkylation sites (N-methyl/N-ethyl adjacent to an activating group) is 1. The van der Waals surface area contributed by atoms with Crippen LogP contribution in [0.1, 0.15) is 16.1 Å². The highest BCUT2D eigenvalue weighted by Crippen LogP contribution is 2.30. The van der Waals surface area contributed by atoms with Crippen LogP contribution in [0.2, 0.25) is 0 Å². The van der Waals surface area contributed by atoms with E-state index in [9.17, 15) is 14.9 Å². The molecule has 4 rings (SSSR count). The maximum atomic E-state index is 12.6. The van der Waals surface area contributed by atoms with E-state index >= 15 is 0 Å². The van der Waals surface area contributed by atoms with E-state index in [0.29, 0.717) is 18.8 Å². The number of nitro groups is 1. The highest BCUT2D eigenvalue weighted by molar-refractivity contribution is 7.13. The van der Waals surface area contributed by atoms with E-state index in [2.05, 4.69) is 20.2 Å². The topological polar surface area (TPSA) is 104 Å². The van der Waals surface area contributed by atoms with Gasteiger partial charge < -0.3 is 15.1 Å². The summed E-state index contributed by atoms with van der Waals surface area (Å²) in [5.74, 6) is -0.371. The number of thiazole rings is 1. The van der Waals surface area contributed by atoms with Crippen LogP contribution in [0.3, 0.4) is 0 Å². The van der Waals surface area contributed by atoms with Crippen molar-refractivity contribution in [2.45, 2.75) is 6.54 Å². The van der Waals surface area contributed by atoms with Crippen molar-refractivity contribution in [3.63, 3.8) is 0 Å². The summed E-state index contributed by atoms with van der Waals surface area (Å²) in [5, 5.41) is 17.1. The van der Waals surface area contributed by atoms with Crippen molar-refractivity contribution in [3.8, 4) is 10.6 Å². The SMILES string of the molecule is CN1CCN(c2ccc(C(=O)NCc3csc(-c4cccnc4)n3)cc2[N+](=O)[O-])CC1. The Labute approximate surface area is 183 Å². The molecule has 1 N–H and O–H groups in total. The standard InChI is InChI=1S/C21H22N6O3S/c1-25-7-9-26(10-8-25)18-5-4-15(11-19(18)27(29)30)20(28)23-13-17-14-31-21(24-17)16-3-2-6-22-12-16/h2-6,11-12,14H,7-10,13H2,1H3,(H,23,28). The number of nitrogens with zero attached hydrogens (tertiary/aromatic N) is 5. The van der Waals surface area contributed by atoms with Gasteiger partial charge in [0, 0.05) is 61.1 Å². The number of amides is 1. The summed E-state index contributed by atoms with van der Waals surface area (Å²) in [6.45, 7) is 3.35. The molecule has 3 heterocycles. The van der Waals surface area contributed by atoms with Crippen molar-refractivity contribution in [2.75, 3.05) is 38.1 Å². The lowest BCUT2D eigenvalue weighted by atomic mass is 10.1. The van der Waals surface area contributed by atoms with Gasteiger partial charge >= 0.3 is 0 Å². The number of aromatic nitrogens is 2. The van der Waals surface area contributed by atoms with Crippen LogP contribution >= 0.6 is 11.3 Å². The van der Waals surface area contributed by atoms with E-state index in [1.807, 2.05) is 29.5 Å². The van der Waals surface area contributed by atoms with Crippen LogP contribution in [0.15, 0.2) is 48.1 Å². The number of anilines is 1. The number of hydrogen-bond donors (Lipinski definition) is 1. The minimum absolute atomic E-state index is 0.0512. The number of pyridine rings is 1. The smallest absolute Gasteiger partial charge is 0.293 e. The lowest BCUT2D eigenvalue weighted by Gasteiger charge is -2.33. The largest absolute Gasteiger partial charge is 0.363 e. The van der Waals surface area contributed by atoms with E-state index in [1.165, 1.54) is 17.4 Å². The Kier molecular flexibility index (Phi) is 6.19. The first-order valence-electron chi connectivity index (χ1n) is 9.86. The molecule has 0 saturated carbocycles. The van der Waals surface area contributed by atoms with Gasteiger partial charge in [0.2, 0.25) is 0 Å². The zero-order chi connectivity index (χ0) is 21.8. The van der Waals surface area contributed by atoms with Crippen molar-refractivity contribution in [3.05, 3.63) is 69.5 Å². The number of hydrogen-bond acceptors (Lipinski definition) is 8. The average molecular weight is 439 g/mol. The fourth-order valence-corrected chi connectivity index (χ4v) is 4.22. The zero-order valence-corrected chi connectivity index (χ0v) is 17.8. The fourth-order valence-electron chi connectivity index (χ4n) is 3.41. The second kappa shape index (κ2) is 9.19. The highest BCUT2D eigenvalue weighted by Gasteiger charge is 2.24. The molecule has 9 nitrogen and oxygen atoms in total. The molecule has 10 heteroatoms. The van der Waals surface area contributed by atoms with Gasteiger partial charge in [0.05, 0.1) is 17.2 Å². The van der Waals surface area contributed by atoms with Crippen molar-refractivity contribution in [1.82, 2.24) is 20.2 Å². The first-order valence-corrected chi connectivity index (χ1v) is 10.7. The highest BCUT2D eigenvalue weighted by atomic mass is 32.1. The average Bonchev–Trinajstić information content (AvgIpc) is 3.27. The van der Waals surface area contributed by atoms with E-state index in [4.69, 9.17) is 0 Å². The van der Waals surface area contributed by atoms with Gasteiger partial charge in [-0.1, -0.05) is 0 Å². The molecule has 160 valence electrons. The van der Waals surface area contributed by atoms with Gasteiger partial charge in [-0.25, -0.2) is 4.98 Å². The van der Waals surface area contributed by atoms with Crippen molar-refractivity contribution in [2.24, 2.45) is 0 Å². The molecule has 3 aromatic rings. The summed E-state index contributed by atoms with van der Waals surface area (Å²) in [6.07, 6.45) is 3.44. The maximum absolute atomic E-state index is 12.6. The number of piperazine rings is 1. The third-order valence-corrected chi connectivity index (χ3v) is 6.11. The predicted molar refractivity (Wildman–Crippen MR) is 119 cm³/mol. The Morgan fingerprint density at radius 1 is 1.26 bits per heavy atom. The summed E-state index contributed by atoms with van der Waals surface area (Å²) < 4.78 is 0. The number of nitrogens with one attached hydrogen (secondary N) is 1. The summed E-state index contributed by atoms with van der Waals surface area (Å²) in [5.41, 5.74) is 2.40. The normalized spacial score (nSPS) is 14.4. The van der Waals surface area contributed by atoms with Crippen LogP contribution in [0.4, 0.5) is 11.4 Å². The van der Waals surface area contributed by atoms with Crippen molar-refractivity contribution in [1.29, 1.82) is 0 Å². The predicted octanol–water partition coefficient (Wildman–Crippen LogP) is 2.80. The van der Waals surface area contributed by atoms with Crippen molar-refractivity contribution >= 4 is 28.6 Å². The number of benzene rings is 1. The molecule has 31 heavy (non-hydrogen) atoms. The molecule has 0 bridgehead atoms. The summed E-state index contributed by atoms with van der Waals surface area (Å²) >= 11 is 1.47. The van der Waals surface area contributed by atoms with Crippen molar-refractivity contribution < 1.29 is 9.72 Å². The maximum Gasteiger partial charge on any atom is 0.293 e. The van der Waals surface area contributed by atoms with E-state index in [0.717, 1.165) is 29.4 Å². The molecule has 1 amide bonds. The molecular formula is C21H22N6O3S. The third-order valence-electron chi connectivity index (χ3n) is 5.17. The lowest BCUT2D eigenvalue weighted by molar-refractivity contribution is -0.384. The Hall–Kier alpha value is -3.37. The Balaban J connectivity index is 1.44. The Morgan fingerprint density at radius 3 is 2.77 bits per heavy atom. The van der Waals surface area contributed by atoms with Gasteiger partial charge in [0.1, 0.15) is 10.7 Å². The first-order chi connectivity index (χ1) is 15.0. The zero-order valence-electron chi connectivity index (χ0n) is 17.0. The molecule has 1 aliphatic rings. The monoisotopic (exact) mass is 438 g/mol. The molecule has 1 saturated heterocycles. The molecular weight excluding hydrogens is 416 g/mol. The van der Waals surface area contributed by atoms with Crippen LogP contribution < -0.4 is 10.2 Å². The summed E-state index contributed by atoms with van der Waals surface area (Å²) in [7, 11) is 2.03.